The molecule has 6 heteroatoms. The zero-order valence-electron chi connectivity index (χ0n) is 39.2. The van der Waals surface area contributed by atoms with Crippen LogP contribution in [0.1, 0.15) is 233 Å². The molecule has 0 aromatic rings. The normalized spacial score (nSPS) is 12.7. The summed E-state index contributed by atoms with van der Waals surface area (Å²) >= 11 is 0. The minimum absolute atomic E-state index is 0.0958. The Morgan fingerprint density at radius 1 is 0.333 bits per heavy atom. The Hall–Kier alpha value is -3.15. The van der Waals surface area contributed by atoms with E-state index in [1.54, 1.807) is 0 Å². The molecule has 0 saturated carbocycles. The van der Waals surface area contributed by atoms with Crippen molar-refractivity contribution in [1.29, 1.82) is 0 Å². The van der Waals surface area contributed by atoms with Crippen LogP contribution in [0.3, 0.4) is 0 Å². The van der Waals surface area contributed by atoms with Crippen molar-refractivity contribution in [3.05, 3.63) is 72.9 Å². The predicted octanol–water partition coefficient (Wildman–Crippen LogP) is 16.3. The number of allylic oxidation sites excluding steroid dienone is 12. The van der Waals surface area contributed by atoms with Gasteiger partial charge in [0.05, 0.1) is 0 Å². The summed E-state index contributed by atoms with van der Waals surface area (Å²) in [5.41, 5.74) is 0. The third-order valence-electron chi connectivity index (χ3n) is 10.5. The first-order valence-electron chi connectivity index (χ1n) is 25.0. The van der Waals surface area contributed by atoms with Gasteiger partial charge in [-0.25, -0.2) is 0 Å². The molecule has 0 N–H and O–H groups in total. The van der Waals surface area contributed by atoms with Gasteiger partial charge in [-0.3, -0.25) is 14.4 Å². The number of hydrogen-bond acceptors (Lipinski definition) is 6. The second kappa shape index (κ2) is 48.5. The van der Waals surface area contributed by atoms with E-state index >= 15 is 0 Å². The summed E-state index contributed by atoms with van der Waals surface area (Å²) in [5, 5.41) is 0. The maximum absolute atomic E-state index is 12.8. The SMILES string of the molecule is CCCC/C=C\CCCCCCC(=O)OCC(COC(=O)CCCCCCC\C=C/C=C\C=C/C=C\CCCCC)OC(=O)CCCCC/C=C\CCCCCCCCC. The van der Waals surface area contributed by atoms with E-state index in [-0.39, 0.29) is 31.1 Å². The van der Waals surface area contributed by atoms with Gasteiger partial charge in [-0.15, -0.1) is 0 Å². The molecule has 60 heavy (non-hydrogen) atoms. The highest BCUT2D eigenvalue weighted by Gasteiger charge is 2.19. The van der Waals surface area contributed by atoms with Gasteiger partial charge in [0.25, 0.3) is 0 Å². The molecule has 0 aromatic carbocycles. The van der Waals surface area contributed by atoms with Crippen LogP contribution in [0.2, 0.25) is 0 Å². The molecule has 0 aliphatic carbocycles. The highest BCUT2D eigenvalue weighted by molar-refractivity contribution is 5.71. The number of hydrogen-bond donors (Lipinski definition) is 0. The summed E-state index contributed by atoms with van der Waals surface area (Å²) in [4.78, 5) is 37.8. The van der Waals surface area contributed by atoms with Gasteiger partial charge in [0, 0.05) is 19.3 Å². The fourth-order valence-electron chi connectivity index (χ4n) is 6.66. The van der Waals surface area contributed by atoms with E-state index in [0.717, 1.165) is 116 Å². The van der Waals surface area contributed by atoms with Gasteiger partial charge < -0.3 is 14.2 Å². The highest BCUT2D eigenvalue weighted by atomic mass is 16.6. The van der Waals surface area contributed by atoms with Gasteiger partial charge in [-0.05, 0) is 89.9 Å². The predicted molar refractivity (Wildman–Crippen MR) is 256 cm³/mol. The molecular formula is C54H92O6. The lowest BCUT2D eigenvalue weighted by Gasteiger charge is -2.18. The van der Waals surface area contributed by atoms with Gasteiger partial charge in [0.2, 0.25) is 0 Å². The molecule has 0 aliphatic rings. The van der Waals surface area contributed by atoms with Crippen molar-refractivity contribution in [1.82, 2.24) is 0 Å². The summed E-state index contributed by atoms with van der Waals surface area (Å²) in [7, 11) is 0. The van der Waals surface area contributed by atoms with Crippen molar-refractivity contribution >= 4 is 17.9 Å². The number of ether oxygens (including phenoxy) is 3. The molecule has 0 aromatic heterocycles. The fourth-order valence-corrected chi connectivity index (χ4v) is 6.66. The van der Waals surface area contributed by atoms with Crippen molar-refractivity contribution in [2.24, 2.45) is 0 Å². The molecule has 344 valence electrons. The molecule has 0 heterocycles. The van der Waals surface area contributed by atoms with Crippen LogP contribution in [0.25, 0.3) is 0 Å². The topological polar surface area (TPSA) is 78.9 Å². The van der Waals surface area contributed by atoms with E-state index < -0.39 is 6.10 Å². The molecule has 0 radical (unpaired) electrons. The molecular weight excluding hydrogens is 745 g/mol. The number of esters is 3. The van der Waals surface area contributed by atoms with Gasteiger partial charge >= 0.3 is 17.9 Å². The zero-order valence-corrected chi connectivity index (χ0v) is 39.2. The number of carbonyl (C=O) groups is 3. The Morgan fingerprint density at radius 3 is 1.08 bits per heavy atom. The summed E-state index contributed by atoms with van der Waals surface area (Å²) < 4.78 is 16.7. The highest BCUT2D eigenvalue weighted by Crippen LogP contribution is 2.13. The van der Waals surface area contributed by atoms with E-state index in [1.807, 2.05) is 0 Å². The van der Waals surface area contributed by atoms with Crippen LogP contribution < -0.4 is 0 Å². The molecule has 0 aliphatic heterocycles. The van der Waals surface area contributed by atoms with Crippen molar-refractivity contribution in [2.45, 2.75) is 239 Å². The summed E-state index contributed by atoms with van der Waals surface area (Å²) in [6, 6.07) is 0. The standard InChI is InChI=1S/C54H92O6/c1-4-7-10-13-16-19-22-24-26-27-28-29-31-32-35-38-41-44-47-53(56)59-50-51(49-58-52(55)46-43-40-37-34-21-18-15-12-9-6-3)60-54(57)48-45-42-39-36-33-30-25-23-20-17-14-11-8-5-2/h15-16,18-19,22,24,26-30,33,51H,4-14,17,20-21,23,25,31-32,34-50H2,1-3H3/b18-15-,19-16-,24-22-,27-26-,29-28-,33-30-. The second-order valence-corrected chi connectivity index (χ2v) is 16.5. The van der Waals surface area contributed by atoms with Crippen molar-refractivity contribution in [3.63, 3.8) is 0 Å². The molecule has 0 spiro atoms. The molecule has 1 atom stereocenters. The van der Waals surface area contributed by atoms with E-state index in [0.29, 0.717) is 19.3 Å². The quantitative estimate of drug-likeness (QED) is 0.0200. The lowest BCUT2D eigenvalue weighted by molar-refractivity contribution is -0.167. The van der Waals surface area contributed by atoms with E-state index in [4.69, 9.17) is 14.2 Å². The van der Waals surface area contributed by atoms with Gasteiger partial charge in [0.1, 0.15) is 13.2 Å². The largest absolute Gasteiger partial charge is 0.462 e. The van der Waals surface area contributed by atoms with Gasteiger partial charge in [0.15, 0.2) is 6.10 Å². The first-order valence-corrected chi connectivity index (χ1v) is 25.0. The third-order valence-corrected chi connectivity index (χ3v) is 10.5. The minimum atomic E-state index is -0.796. The first-order chi connectivity index (χ1) is 29.5. The van der Waals surface area contributed by atoms with Crippen LogP contribution in [-0.2, 0) is 28.6 Å². The van der Waals surface area contributed by atoms with Crippen molar-refractivity contribution < 1.29 is 28.6 Å². The summed E-state index contributed by atoms with van der Waals surface area (Å²) in [6.45, 7) is 6.50. The molecule has 1 unspecified atom stereocenters. The van der Waals surface area contributed by atoms with Crippen LogP contribution in [0.5, 0.6) is 0 Å². The maximum Gasteiger partial charge on any atom is 0.306 e. The average molecular weight is 837 g/mol. The van der Waals surface area contributed by atoms with E-state index in [9.17, 15) is 14.4 Å². The van der Waals surface area contributed by atoms with Crippen molar-refractivity contribution in [3.8, 4) is 0 Å². The fraction of sp³-hybridized carbons (Fsp3) is 0.722. The third kappa shape index (κ3) is 45.9. The van der Waals surface area contributed by atoms with E-state index in [2.05, 4.69) is 93.7 Å². The van der Waals surface area contributed by atoms with Crippen LogP contribution in [0, 0.1) is 0 Å². The average Bonchev–Trinajstić information content (AvgIpc) is 3.24. The van der Waals surface area contributed by atoms with Gasteiger partial charge in [-0.1, -0.05) is 196 Å². The van der Waals surface area contributed by atoms with Crippen LogP contribution in [0.4, 0.5) is 0 Å². The lowest BCUT2D eigenvalue weighted by atomic mass is 10.1. The van der Waals surface area contributed by atoms with Gasteiger partial charge in [-0.2, -0.15) is 0 Å². The Kier molecular flexibility index (Phi) is 46.0. The molecule has 6 nitrogen and oxygen atoms in total. The molecule has 0 rings (SSSR count). The zero-order chi connectivity index (χ0) is 43.7. The van der Waals surface area contributed by atoms with E-state index in [1.165, 1.54) is 77.0 Å². The Balaban J connectivity index is 4.44. The van der Waals surface area contributed by atoms with Crippen molar-refractivity contribution in [2.75, 3.05) is 13.2 Å². The molecule has 0 fully saturated rings. The number of carbonyl (C=O) groups excluding carboxylic acids is 3. The monoisotopic (exact) mass is 837 g/mol. The van der Waals surface area contributed by atoms with Crippen LogP contribution >= 0.6 is 0 Å². The molecule has 0 saturated heterocycles. The second-order valence-electron chi connectivity index (χ2n) is 16.5. The molecule has 0 bridgehead atoms. The Bertz CT molecular complexity index is 1140. The lowest BCUT2D eigenvalue weighted by Crippen LogP contribution is -2.30. The summed E-state index contributed by atoms with van der Waals surface area (Å²) in [6.07, 6.45) is 60.2. The Labute approximate surface area is 370 Å². The van der Waals surface area contributed by atoms with Crippen LogP contribution in [-0.4, -0.2) is 37.2 Å². The Morgan fingerprint density at radius 2 is 0.633 bits per heavy atom. The minimum Gasteiger partial charge on any atom is -0.462 e. The first kappa shape index (κ1) is 56.9. The molecule has 0 amide bonds. The number of rotatable bonds is 44. The maximum atomic E-state index is 12.8. The number of unbranched alkanes of at least 4 members (excludes halogenated alkanes) is 24. The summed E-state index contributed by atoms with van der Waals surface area (Å²) in [5.74, 6) is -0.949. The smallest absolute Gasteiger partial charge is 0.306 e. The van der Waals surface area contributed by atoms with Crippen LogP contribution in [0.15, 0.2) is 72.9 Å².